The quantitative estimate of drug-likeness (QED) is 0.319. The molecule has 0 aromatic heterocycles. The van der Waals surface area contributed by atoms with Gasteiger partial charge in [-0.3, -0.25) is 14.5 Å². The second-order valence-corrected chi connectivity index (χ2v) is 10.6. The number of likely N-dealkylation sites (N-methyl/N-ethyl adjacent to an activating group) is 1. The standard InChI is InChI=1S/C33H40N2O6/c1-22(27-8-6-5-7-9-27)35(4)20-30-18-31(28-14-12-26(21-36)13-15-28)41-33(40-30)29-16-10-25(11-17-29)19-34-32(38)23(2)39-24(3)37/h5-17,22-23,30-31,33,36H,18-21H2,1-4H3,(H,34,38)/t22-,23-,30-,31+,33+/m0/s1. The third kappa shape index (κ3) is 8.47. The molecule has 5 atom stereocenters. The van der Waals surface area contributed by atoms with Gasteiger partial charge in [-0.1, -0.05) is 78.9 Å². The predicted octanol–water partition coefficient (Wildman–Crippen LogP) is 4.99. The SMILES string of the molecule is CC(=O)O[C@@H](C)C(=O)NCc1ccc([C@@H]2O[C@H](CN(C)[C@@H](C)c3ccccc3)C[C@H](c3ccc(CO)cc3)O2)cc1. The Morgan fingerprint density at radius 1 is 0.951 bits per heavy atom. The van der Waals surface area contributed by atoms with Gasteiger partial charge in [0.2, 0.25) is 0 Å². The molecule has 0 spiro atoms. The van der Waals surface area contributed by atoms with Crippen LogP contribution in [0.4, 0.5) is 0 Å². The van der Waals surface area contributed by atoms with E-state index in [2.05, 4.69) is 48.5 Å². The van der Waals surface area contributed by atoms with Crippen molar-refractivity contribution in [2.75, 3.05) is 13.6 Å². The first-order chi connectivity index (χ1) is 19.7. The van der Waals surface area contributed by atoms with Crippen LogP contribution in [0.5, 0.6) is 0 Å². The van der Waals surface area contributed by atoms with Crippen LogP contribution in [-0.2, 0) is 37.0 Å². The summed E-state index contributed by atoms with van der Waals surface area (Å²) >= 11 is 0. The van der Waals surface area contributed by atoms with Gasteiger partial charge in [0.05, 0.1) is 18.8 Å². The Morgan fingerprint density at radius 2 is 1.59 bits per heavy atom. The fraction of sp³-hybridized carbons (Fsp3) is 0.394. The minimum Gasteiger partial charge on any atom is -0.453 e. The van der Waals surface area contributed by atoms with Crippen LogP contribution in [0, 0.1) is 0 Å². The molecular weight excluding hydrogens is 520 g/mol. The summed E-state index contributed by atoms with van der Waals surface area (Å²) < 4.78 is 17.9. The van der Waals surface area contributed by atoms with Gasteiger partial charge in [-0.05, 0) is 43.1 Å². The lowest BCUT2D eigenvalue weighted by Crippen LogP contribution is -2.38. The van der Waals surface area contributed by atoms with Gasteiger partial charge in [-0.25, -0.2) is 0 Å². The number of hydrogen-bond acceptors (Lipinski definition) is 7. The number of aliphatic hydroxyl groups excluding tert-OH is 1. The van der Waals surface area contributed by atoms with E-state index in [1.807, 2.05) is 54.6 Å². The second kappa shape index (κ2) is 14.4. The van der Waals surface area contributed by atoms with E-state index in [1.54, 1.807) is 6.92 Å². The van der Waals surface area contributed by atoms with Crippen molar-refractivity contribution in [1.82, 2.24) is 10.2 Å². The Balaban J connectivity index is 1.46. The highest BCUT2D eigenvalue weighted by Crippen LogP contribution is 2.38. The molecule has 8 nitrogen and oxygen atoms in total. The number of benzene rings is 3. The molecular formula is C33H40N2O6. The summed E-state index contributed by atoms with van der Waals surface area (Å²) in [5.74, 6) is -0.846. The third-order valence-electron chi connectivity index (χ3n) is 7.48. The summed E-state index contributed by atoms with van der Waals surface area (Å²) in [6.07, 6.45) is -0.961. The van der Waals surface area contributed by atoms with Crippen molar-refractivity contribution in [3.63, 3.8) is 0 Å². The maximum absolute atomic E-state index is 12.2. The fourth-order valence-corrected chi connectivity index (χ4v) is 4.93. The number of esters is 1. The normalized spacial score (nSPS) is 20.3. The Bertz CT molecular complexity index is 1270. The van der Waals surface area contributed by atoms with Crippen molar-refractivity contribution in [2.45, 2.75) is 71.0 Å². The molecule has 8 heteroatoms. The molecule has 218 valence electrons. The molecule has 1 aliphatic rings. The van der Waals surface area contributed by atoms with Gasteiger partial charge in [0, 0.05) is 38.0 Å². The molecule has 1 aliphatic heterocycles. The number of carbonyl (C=O) groups is 2. The molecule has 0 aliphatic carbocycles. The minimum absolute atomic E-state index is 0.00218. The van der Waals surface area contributed by atoms with E-state index < -0.39 is 18.4 Å². The average molecular weight is 561 g/mol. The first-order valence-electron chi connectivity index (χ1n) is 14.0. The van der Waals surface area contributed by atoms with Crippen LogP contribution < -0.4 is 5.32 Å². The predicted molar refractivity (Wildman–Crippen MR) is 155 cm³/mol. The zero-order valence-electron chi connectivity index (χ0n) is 24.2. The maximum atomic E-state index is 12.2. The first-order valence-corrected chi connectivity index (χ1v) is 14.0. The molecule has 4 rings (SSSR count). The molecule has 0 unspecified atom stereocenters. The number of nitrogens with zero attached hydrogens (tertiary/aromatic N) is 1. The molecule has 1 heterocycles. The molecule has 0 saturated carbocycles. The molecule has 3 aromatic rings. The Hall–Kier alpha value is -3.56. The fourth-order valence-electron chi connectivity index (χ4n) is 4.93. The number of rotatable bonds is 11. The van der Waals surface area contributed by atoms with Crippen LogP contribution in [0.15, 0.2) is 78.9 Å². The minimum atomic E-state index is -0.848. The summed E-state index contributed by atoms with van der Waals surface area (Å²) in [6.45, 7) is 6.05. The Morgan fingerprint density at radius 3 is 2.22 bits per heavy atom. The summed E-state index contributed by atoms with van der Waals surface area (Å²) in [5, 5.41) is 12.3. The van der Waals surface area contributed by atoms with Crippen molar-refractivity contribution in [3.8, 4) is 0 Å². The number of ether oxygens (including phenoxy) is 3. The lowest BCUT2D eigenvalue weighted by atomic mass is 9.99. The van der Waals surface area contributed by atoms with Crippen molar-refractivity contribution < 1.29 is 28.9 Å². The molecule has 1 amide bonds. The molecule has 0 bridgehead atoms. The van der Waals surface area contributed by atoms with Gasteiger partial charge < -0.3 is 24.6 Å². The Kier molecular flexibility index (Phi) is 10.7. The summed E-state index contributed by atoms with van der Waals surface area (Å²) in [6, 6.07) is 26.3. The monoisotopic (exact) mass is 560 g/mol. The lowest BCUT2D eigenvalue weighted by Gasteiger charge is -2.39. The number of carbonyl (C=O) groups excluding carboxylic acids is 2. The van der Waals surface area contributed by atoms with Crippen LogP contribution in [0.1, 0.15) is 73.4 Å². The zero-order valence-corrected chi connectivity index (χ0v) is 24.2. The first kappa shape index (κ1) is 30.4. The second-order valence-electron chi connectivity index (χ2n) is 10.6. The molecule has 2 N–H and O–H groups in total. The van der Waals surface area contributed by atoms with Gasteiger partial charge in [0.1, 0.15) is 0 Å². The van der Waals surface area contributed by atoms with Gasteiger partial charge >= 0.3 is 5.97 Å². The molecule has 1 fully saturated rings. The maximum Gasteiger partial charge on any atom is 0.303 e. The molecule has 1 saturated heterocycles. The van der Waals surface area contributed by atoms with Crippen LogP contribution in [0.2, 0.25) is 0 Å². The van der Waals surface area contributed by atoms with Gasteiger partial charge in [0.25, 0.3) is 5.91 Å². The Labute approximate surface area is 242 Å². The molecule has 3 aromatic carbocycles. The van der Waals surface area contributed by atoms with Crippen molar-refractivity contribution in [3.05, 3.63) is 107 Å². The van der Waals surface area contributed by atoms with E-state index in [1.165, 1.54) is 12.5 Å². The number of amides is 1. The van der Waals surface area contributed by atoms with E-state index >= 15 is 0 Å². The lowest BCUT2D eigenvalue weighted by molar-refractivity contribution is -0.253. The third-order valence-corrected chi connectivity index (χ3v) is 7.48. The van der Waals surface area contributed by atoms with Gasteiger partial charge in [-0.15, -0.1) is 0 Å². The van der Waals surface area contributed by atoms with E-state index in [9.17, 15) is 14.7 Å². The van der Waals surface area contributed by atoms with Crippen LogP contribution in [0.25, 0.3) is 0 Å². The van der Waals surface area contributed by atoms with E-state index in [4.69, 9.17) is 14.2 Å². The van der Waals surface area contributed by atoms with Crippen molar-refractivity contribution in [2.24, 2.45) is 0 Å². The average Bonchev–Trinajstić information content (AvgIpc) is 2.99. The van der Waals surface area contributed by atoms with Crippen molar-refractivity contribution >= 4 is 11.9 Å². The number of aliphatic hydroxyl groups is 1. The highest BCUT2D eigenvalue weighted by Gasteiger charge is 2.33. The van der Waals surface area contributed by atoms with Gasteiger partial charge in [-0.2, -0.15) is 0 Å². The topological polar surface area (TPSA) is 97.3 Å². The number of nitrogens with one attached hydrogen (secondary N) is 1. The van der Waals surface area contributed by atoms with Crippen LogP contribution in [-0.4, -0.2) is 47.7 Å². The molecule has 41 heavy (non-hydrogen) atoms. The summed E-state index contributed by atoms with van der Waals surface area (Å²) in [7, 11) is 2.11. The van der Waals surface area contributed by atoms with E-state index in [0.29, 0.717) is 13.0 Å². The smallest absolute Gasteiger partial charge is 0.303 e. The van der Waals surface area contributed by atoms with Crippen LogP contribution in [0.3, 0.4) is 0 Å². The van der Waals surface area contributed by atoms with Crippen molar-refractivity contribution in [1.29, 1.82) is 0 Å². The highest BCUT2D eigenvalue weighted by atomic mass is 16.7. The summed E-state index contributed by atoms with van der Waals surface area (Å²) in [5.41, 5.74) is 4.93. The summed E-state index contributed by atoms with van der Waals surface area (Å²) in [4.78, 5) is 25.6. The largest absolute Gasteiger partial charge is 0.453 e. The van der Waals surface area contributed by atoms with E-state index in [-0.39, 0.29) is 30.8 Å². The van der Waals surface area contributed by atoms with Gasteiger partial charge in [0.15, 0.2) is 12.4 Å². The highest BCUT2D eigenvalue weighted by molar-refractivity contribution is 5.82. The molecule has 0 radical (unpaired) electrons. The zero-order chi connectivity index (χ0) is 29.4. The van der Waals surface area contributed by atoms with E-state index in [0.717, 1.165) is 28.8 Å². The number of hydrogen-bond donors (Lipinski definition) is 2. The van der Waals surface area contributed by atoms with Crippen LogP contribution >= 0.6 is 0 Å².